The van der Waals surface area contributed by atoms with Gasteiger partial charge in [0.2, 0.25) is 11.9 Å². The van der Waals surface area contributed by atoms with Gasteiger partial charge in [-0.2, -0.15) is 15.0 Å². The monoisotopic (exact) mass is 209 g/mol. The molecule has 1 heterocycles. The molecule has 1 aromatic heterocycles. The van der Waals surface area contributed by atoms with E-state index in [1.807, 2.05) is 13.8 Å². The second-order valence-electron chi connectivity index (χ2n) is 3.32. The maximum absolute atomic E-state index is 5.44. The third-order valence-corrected chi connectivity index (χ3v) is 1.63. The lowest BCUT2D eigenvalue weighted by Crippen LogP contribution is -2.11. The highest BCUT2D eigenvalue weighted by Crippen LogP contribution is 2.14. The van der Waals surface area contributed by atoms with Crippen LogP contribution in [0.2, 0.25) is 0 Å². The molecule has 0 spiro atoms. The van der Waals surface area contributed by atoms with Crippen LogP contribution < -0.4 is 11.5 Å². The molecule has 1 unspecified atom stereocenters. The second kappa shape index (κ2) is 4.70. The van der Waals surface area contributed by atoms with Gasteiger partial charge < -0.3 is 16.2 Å². The first-order valence-corrected chi connectivity index (χ1v) is 4.52. The van der Waals surface area contributed by atoms with Crippen LogP contribution in [0.4, 0.5) is 11.9 Å². The van der Waals surface area contributed by atoms with Gasteiger partial charge in [-0.15, -0.1) is 0 Å². The number of nitrogens with two attached hydrogens (primary N) is 2. The number of nitrogen functional groups attached to an aromatic ring is 2. The van der Waals surface area contributed by atoms with Crippen LogP contribution in [0, 0.1) is 0 Å². The summed E-state index contributed by atoms with van der Waals surface area (Å²) in [7, 11) is 0. The fourth-order valence-electron chi connectivity index (χ4n) is 0.951. The minimum Gasteiger partial charge on any atom is -0.368 e. The van der Waals surface area contributed by atoms with Crippen LogP contribution in [0.3, 0.4) is 0 Å². The van der Waals surface area contributed by atoms with Gasteiger partial charge in [0.1, 0.15) is 6.10 Å². The SMILES string of the molecule is C=C(C)COC(C)c1nc(N)nc(N)n1. The molecule has 15 heavy (non-hydrogen) atoms. The summed E-state index contributed by atoms with van der Waals surface area (Å²) in [6, 6.07) is 0. The molecule has 1 atom stereocenters. The third-order valence-electron chi connectivity index (χ3n) is 1.63. The molecular weight excluding hydrogens is 194 g/mol. The fraction of sp³-hybridized carbons (Fsp3) is 0.444. The average Bonchev–Trinajstić information content (AvgIpc) is 2.12. The van der Waals surface area contributed by atoms with Crippen LogP contribution in [0.1, 0.15) is 25.8 Å². The van der Waals surface area contributed by atoms with Crippen LogP contribution in [0.15, 0.2) is 12.2 Å². The molecule has 0 fully saturated rings. The van der Waals surface area contributed by atoms with E-state index < -0.39 is 0 Å². The summed E-state index contributed by atoms with van der Waals surface area (Å²) in [4.78, 5) is 11.5. The van der Waals surface area contributed by atoms with Gasteiger partial charge in [-0.1, -0.05) is 12.2 Å². The van der Waals surface area contributed by atoms with Crippen molar-refractivity contribution in [2.45, 2.75) is 20.0 Å². The lowest BCUT2D eigenvalue weighted by atomic mass is 10.3. The van der Waals surface area contributed by atoms with Gasteiger partial charge in [-0.05, 0) is 13.8 Å². The fourth-order valence-corrected chi connectivity index (χ4v) is 0.951. The lowest BCUT2D eigenvalue weighted by molar-refractivity contribution is 0.0774. The van der Waals surface area contributed by atoms with Crippen molar-refractivity contribution >= 4 is 11.9 Å². The van der Waals surface area contributed by atoms with Crippen molar-refractivity contribution in [3.05, 3.63) is 18.0 Å². The smallest absolute Gasteiger partial charge is 0.225 e. The van der Waals surface area contributed by atoms with Crippen molar-refractivity contribution in [1.29, 1.82) is 0 Å². The van der Waals surface area contributed by atoms with E-state index in [2.05, 4.69) is 21.5 Å². The lowest BCUT2D eigenvalue weighted by Gasteiger charge is -2.11. The molecule has 0 amide bonds. The maximum atomic E-state index is 5.44. The molecule has 0 radical (unpaired) electrons. The Morgan fingerprint density at radius 3 is 2.33 bits per heavy atom. The highest BCUT2D eigenvalue weighted by atomic mass is 16.5. The Labute approximate surface area is 88.4 Å². The van der Waals surface area contributed by atoms with Crippen LogP contribution in [0.25, 0.3) is 0 Å². The Bertz CT molecular complexity index is 345. The zero-order valence-corrected chi connectivity index (χ0v) is 8.90. The van der Waals surface area contributed by atoms with Crippen LogP contribution in [-0.4, -0.2) is 21.6 Å². The standard InChI is InChI=1S/C9H15N5O/c1-5(2)4-15-6(3)7-12-8(10)14-9(11)13-7/h6H,1,4H2,2-3H3,(H4,10,11,12,13,14). The van der Waals surface area contributed by atoms with Crippen molar-refractivity contribution in [3.8, 4) is 0 Å². The van der Waals surface area contributed by atoms with E-state index in [9.17, 15) is 0 Å². The highest BCUT2D eigenvalue weighted by molar-refractivity contribution is 5.26. The first-order valence-electron chi connectivity index (χ1n) is 4.52. The molecule has 4 N–H and O–H groups in total. The molecular formula is C9H15N5O. The molecule has 0 aliphatic carbocycles. The van der Waals surface area contributed by atoms with Crippen molar-refractivity contribution < 1.29 is 4.74 Å². The number of ether oxygens (including phenoxy) is 1. The molecule has 0 saturated carbocycles. The Morgan fingerprint density at radius 2 is 1.87 bits per heavy atom. The quantitative estimate of drug-likeness (QED) is 0.707. The summed E-state index contributed by atoms with van der Waals surface area (Å²) in [6.45, 7) is 7.87. The normalized spacial score (nSPS) is 12.4. The molecule has 0 aromatic carbocycles. The summed E-state index contributed by atoms with van der Waals surface area (Å²) in [5.74, 6) is 0.632. The molecule has 82 valence electrons. The highest BCUT2D eigenvalue weighted by Gasteiger charge is 2.11. The minimum absolute atomic E-state index is 0.100. The van der Waals surface area contributed by atoms with Gasteiger partial charge in [0.15, 0.2) is 5.82 Å². The van der Waals surface area contributed by atoms with Gasteiger partial charge in [-0.3, -0.25) is 0 Å². The predicted molar refractivity (Wildman–Crippen MR) is 57.8 cm³/mol. The number of hydrogen-bond donors (Lipinski definition) is 2. The van der Waals surface area contributed by atoms with Gasteiger partial charge >= 0.3 is 0 Å². The molecule has 6 heteroatoms. The molecule has 1 aromatic rings. The van der Waals surface area contributed by atoms with Gasteiger partial charge in [-0.25, -0.2) is 0 Å². The van der Waals surface area contributed by atoms with E-state index in [1.54, 1.807) is 0 Å². The van der Waals surface area contributed by atoms with E-state index >= 15 is 0 Å². The average molecular weight is 209 g/mol. The van der Waals surface area contributed by atoms with Crippen LogP contribution in [-0.2, 0) is 4.74 Å². The molecule has 6 nitrogen and oxygen atoms in total. The van der Waals surface area contributed by atoms with E-state index in [0.29, 0.717) is 12.4 Å². The van der Waals surface area contributed by atoms with Crippen LogP contribution in [0.5, 0.6) is 0 Å². The first kappa shape index (κ1) is 11.4. The van der Waals surface area contributed by atoms with Crippen molar-refractivity contribution in [3.63, 3.8) is 0 Å². The molecule has 0 saturated heterocycles. The van der Waals surface area contributed by atoms with Gasteiger partial charge in [0.25, 0.3) is 0 Å². The van der Waals surface area contributed by atoms with Gasteiger partial charge in [0, 0.05) is 0 Å². The Kier molecular flexibility index (Phi) is 3.56. The summed E-state index contributed by atoms with van der Waals surface area (Å²) in [5.41, 5.74) is 11.8. The summed E-state index contributed by atoms with van der Waals surface area (Å²) < 4.78 is 5.44. The third kappa shape index (κ3) is 3.51. The van der Waals surface area contributed by atoms with Crippen molar-refractivity contribution in [2.75, 3.05) is 18.1 Å². The largest absolute Gasteiger partial charge is 0.368 e. The maximum Gasteiger partial charge on any atom is 0.225 e. The van der Waals surface area contributed by atoms with E-state index in [0.717, 1.165) is 5.57 Å². The zero-order valence-electron chi connectivity index (χ0n) is 8.90. The van der Waals surface area contributed by atoms with Crippen LogP contribution >= 0.6 is 0 Å². The molecule has 0 aliphatic rings. The molecule has 0 aliphatic heterocycles. The number of rotatable bonds is 4. The Morgan fingerprint density at radius 1 is 1.33 bits per heavy atom. The number of nitrogens with zero attached hydrogens (tertiary/aromatic N) is 3. The minimum atomic E-state index is -0.283. The molecule has 0 bridgehead atoms. The number of hydrogen-bond acceptors (Lipinski definition) is 6. The number of aromatic nitrogens is 3. The van der Waals surface area contributed by atoms with E-state index in [-0.39, 0.29) is 18.0 Å². The van der Waals surface area contributed by atoms with E-state index in [4.69, 9.17) is 16.2 Å². The Balaban J connectivity index is 2.72. The van der Waals surface area contributed by atoms with Crippen molar-refractivity contribution in [1.82, 2.24) is 15.0 Å². The first-order chi connectivity index (χ1) is 6.99. The topological polar surface area (TPSA) is 99.9 Å². The number of anilines is 2. The second-order valence-corrected chi connectivity index (χ2v) is 3.32. The summed E-state index contributed by atoms with van der Waals surface area (Å²) in [5, 5.41) is 0. The Hall–Kier alpha value is -1.69. The van der Waals surface area contributed by atoms with E-state index in [1.165, 1.54) is 0 Å². The summed E-state index contributed by atoms with van der Waals surface area (Å²) >= 11 is 0. The van der Waals surface area contributed by atoms with Crippen molar-refractivity contribution in [2.24, 2.45) is 0 Å². The molecule has 1 rings (SSSR count). The summed E-state index contributed by atoms with van der Waals surface area (Å²) in [6.07, 6.45) is -0.283. The zero-order chi connectivity index (χ0) is 11.4. The van der Waals surface area contributed by atoms with Gasteiger partial charge in [0.05, 0.1) is 6.61 Å². The predicted octanol–water partition coefficient (Wildman–Crippen LogP) is 0.690.